The van der Waals surface area contributed by atoms with Gasteiger partial charge < -0.3 is 9.25 Å². The molecule has 5 heteroatoms. The molecule has 0 fully saturated rings. The van der Waals surface area contributed by atoms with Crippen LogP contribution in [-0.4, -0.2) is 5.71 Å². The Morgan fingerprint density at radius 3 is 2.74 bits per heavy atom. The number of hydrogen-bond donors (Lipinski definition) is 0. The molecule has 1 aromatic heterocycles. The summed E-state index contributed by atoms with van der Waals surface area (Å²) in [5.74, 6) is 0. The van der Waals surface area contributed by atoms with Crippen molar-refractivity contribution >= 4 is 28.3 Å². The minimum atomic E-state index is -0.411. The van der Waals surface area contributed by atoms with Crippen molar-refractivity contribution < 1.29 is 9.25 Å². The highest BCUT2D eigenvalue weighted by Gasteiger charge is 2.27. The molecule has 3 aromatic rings. The lowest BCUT2D eigenvalue weighted by Gasteiger charge is -2.09. The number of para-hydroxylation sites is 1. The van der Waals surface area contributed by atoms with Gasteiger partial charge in [0.25, 0.3) is 0 Å². The summed E-state index contributed by atoms with van der Waals surface area (Å²) in [5.41, 5.74) is 2.01. The third-order valence-corrected chi connectivity index (χ3v) is 4.22. The summed E-state index contributed by atoms with van der Waals surface area (Å²) < 4.78 is 5.35. The van der Waals surface area contributed by atoms with Crippen LogP contribution in [0.25, 0.3) is 11.0 Å². The third kappa shape index (κ3) is 2.51. The number of fused-ring (bicyclic) bond motifs is 1. The molecule has 0 bridgehead atoms. The van der Waals surface area contributed by atoms with Crippen molar-refractivity contribution in [3.63, 3.8) is 0 Å². The molecule has 2 aromatic carbocycles. The Morgan fingerprint density at radius 2 is 1.87 bits per heavy atom. The van der Waals surface area contributed by atoms with Gasteiger partial charge in [-0.15, -0.1) is 0 Å². The predicted molar refractivity (Wildman–Crippen MR) is 88.9 cm³/mol. The minimum Gasteiger partial charge on any atom is -0.422 e. The maximum atomic E-state index is 12.2. The van der Waals surface area contributed by atoms with Gasteiger partial charge in [-0.2, -0.15) is 0 Å². The molecule has 4 rings (SSSR count). The van der Waals surface area contributed by atoms with E-state index in [9.17, 15) is 4.79 Å². The van der Waals surface area contributed by atoms with Gasteiger partial charge in [-0.3, -0.25) is 0 Å². The molecule has 1 aliphatic rings. The first-order chi connectivity index (χ1) is 11.2. The van der Waals surface area contributed by atoms with E-state index in [0.717, 1.165) is 10.9 Å². The van der Waals surface area contributed by atoms with Gasteiger partial charge in [0.2, 0.25) is 0 Å². The molecule has 1 aliphatic heterocycles. The van der Waals surface area contributed by atoms with Crippen LogP contribution < -0.4 is 5.63 Å². The number of halogens is 1. The highest BCUT2D eigenvalue weighted by Crippen LogP contribution is 2.33. The average molecular weight is 326 g/mol. The van der Waals surface area contributed by atoms with Gasteiger partial charge in [0.1, 0.15) is 5.58 Å². The predicted octanol–water partition coefficient (Wildman–Crippen LogP) is 4.31. The molecule has 0 radical (unpaired) electrons. The van der Waals surface area contributed by atoms with Gasteiger partial charge in [0, 0.05) is 22.4 Å². The second-order valence-electron chi connectivity index (χ2n) is 5.34. The fraction of sp³-hybridized carbons (Fsp3) is 0.111. The van der Waals surface area contributed by atoms with E-state index in [4.69, 9.17) is 20.9 Å². The Kier molecular flexibility index (Phi) is 3.39. The summed E-state index contributed by atoms with van der Waals surface area (Å²) in [6.07, 6.45) is 0.192. The van der Waals surface area contributed by atoms with Crippen LogP contribution in [0.4, 0.5) is 0 Å². The van der Waals surface area contributed by atoms with Crippen LogP contribution in [0.3, 0.4) is 0 Å². The molecule has 0 saturated carbocycles. The first-order valence-electron chi connectivity index (χ1n) is 7.23. The molecule has 4 nitrogen and oxygen atoms in total. The molecule has 23 heavy (non-hydrogen) atoms. The van der Waals surface area contributed by atoms with Gasteiger partial charge in [-0.1, -0.05) is 53.2 Å². The third-order valence-electron chi connectivity index (χ3n) is 3.87. The van der Waals surface area contributed by atoms with Crippen LogP contribution in [0.15, 0.2) is 69.0 Å². The summed E-state index contributed by atoms with van der Waals surface area (Å²) in [5, 5.41) is 5.55. The average Bonchev–Trinajstić information content (AvgIpc) is 3.04. The van der Waals surface area contributed by atoms with E-state index in [2.05, 4.69) is 5.16 Å². The second-order valence-corrected chi connectivity index (χ2v) is 5.75. The summed E-state index contributed by atoms with van der Waals surface area (Å²) in [6.45, 7) is 0. The van der Waals surface area contributed by atoms with E-state index in [1.54, 1.807) is 12.1 Å². The van der Waals surface area contributed by atoms with Crippen molar-refractivity contribution in [2.75, 3.05) is 0 Å². The Morgan fingerprint density at radius 1 is 1.09 bits per heavy atom. The first-order valence-corrected chi connectivity index (χ1v) is 7.60. The largest absolute Gasteiger partial charge is 0.422 e. The van der Waals surface area contributed by atoms with Crippen LogP contribution in [0.1, 0.15) is 23.7 Å². The minimum absolute atomic E-state index is 0.287. The normalized spacial score (nSPS) is 17.1. The van der Waals surface area contributed by atoms with E-state index in [0.29, 0.717) is 28.3 Å². The topological polar surface area (TPSA) is 51.8 Å². The van der Waals surface area contributed by atoms with E-state index in [1.807, 2.05) is 42.5 Å². The zero-order valence-corrected chi connectivity index (χ0v) is 12.8. The summed E-state index contributed by atoms with van der Waals surface area (Å²) in [7, 11) is 0. The summed E-state index contributed by atoms with van der Waals surface area (Å²) >= 11 is 6.20. The van der Waals surface area contributed by atoms with Gasteiger partial charge >= 0.3 is 5.63 Å². The van der Waals surface area contributed by atoms with Gasteiger partial charge in [-0.05, 0) is 18.2 Å². The van der Waals surface area contributed by atoms with Crippen LogP contribution in [0.2, 0.25) is 5.02 Å². The molecule has 114 valence electrons. The van der Waals surface area contributed by atoms with Gasteiger partial charge in [0.15, 0.2) is 6.10 Å². The maximum absolute atomic E-state index is 12.2. The molecular weight excluding hydrogens is 314 g/mol. The quantitative estimate of drug-likeness (QED) is 0.660. The van der Waals surface area contributed by atoms with Gasteiger partial charge in [-0.25, -0.2) is 4.79 Å². The number of rotatable bonds is 2. The van der Waals surface area contributed by atoms with Crippen LogP contribution in [0, 0.1) is 0 Å². The fourth-order valence-corrected chi connectivity index (χ4v) is 2.96. The van der Waals surface area contributed by atoms with Crippen molar-refractivity contribution in [2.45, 2.75) is 12.5 Å². The number of benzene rings is 2. The van der Waals surface area contributed by atoms with Crippen LogP contribution in [0.5, 0.6) is 0 Å². The SMILES string of the molecule is O=c1oc2ccccc2cc1C1=NOC(c2ccccc2Cl)C1. The Hall–Kier alpha value is -2.59. The fourth-order valence-electron chi connectivity index (χ4n) is 2.70. The van der Waals surface area contributed by atoms with Crippen molar-refractivity contribution in [1.82, 2.24) is 0 Å². The van der Waals surface area contributed by atoms with Gasteiger partial charge in [0.05, 0.1) is 11.3 Å². The number of hydrogen-bond acceptors (Lipinski definition) is 4. The second kappa shape index (κ2) is 5.56. The monoisotopic (exact) mass is 325 g/mol. The Balaban J connectivity index is 1.69. The Labute approximate surface area is 136 Å². The van der Waals surface area contributed by atoms with E-state index >= 15 is 0 Å². The molecule has 0 aliphatic carbocycles. The number of oxime groups is 1. The van der Waals surface area contributed by atoms with Crippen LogP contribution >= 0.6 is 11.6 Å². The molecule has 0 spiro atoms. The highest BCUT2D eigenvalue weighted by atomic mass is 35.5. The molecule has 0 saturated heterocycles. The van der Waals surface area contributed by atoms with Crippen LogP contribution in [-0.2, 0) is 4.84 Å². The summed E-state index contributed by atoms with van der Waals surface area (Å²) in [4.78, 5) is 17.7. The molecule has 1 unspecified atom stereocenters. The molecule has 0 amide bonds. The Bertz CT molecular complexity index is 977. The number of nitrogens with zero attached hydrogens (tertiary/aromatic N) is 1. The highest BCUT2D eigenvalue weighted by molar-refractivity contribution is 6.31. The molecule has 0 N–H and O–H groups in total. The van der Waals surface area contributed by atoms with E-state index in [-0.39, 0.29) is 6.10 Å². The molecule has 1 atom stereocenters. The van der Waals surface area contributed by atoms with E-state index in [1.165, 1.54) is 0 Å². The van der Waals surface area contributed by atoms with Crippen molar-refractivity contribution in [3.8, 4) is 0 Å². The molecular formula is C18H12ClNO3. The standard InChI is InChI=1S/C18H12ClNO3/c19-14-7-3-2-6-12(14)17-10-15(20-23-17)13-9-11-5-1-4-8-16(11)22-18(13)21/h1-9,17H,10H2. The lowest BCUT2D eigenvalue weighted by atomic mass is 10.0. The molecule has 2 heterocycles. The van der Waals surface area contributed by atoms with E-state index < -0.39 is 5.63 Å². The first kappa shape index (κ1) is 14.0. The van der Waals surface area contributed by atoms with Crippen molar-refractivity contribution in [2.24, 2.45) is 5.16 Å². The maximum Gasteiger partial charge on any atom is 0.345 e. The van der Waals surface area contributed by atoms with Crippen molar-refractivity contribution in [3.05, 3.63) is 81.2 Å². The summed E-state index contributed by atoms with van der Waals surface area (Å²) in [6, 6.07) is 16.6. The lowest BCUT2D eigenvalue weighted by molar-refractivity contribution is 0.0858. The zero-order chi connectivity index (χ0) is 15.8. The smallest absolute Gasteiger partial charge is 0.345 e. The zero-order valence-electron chi connectivity index (χ0n) is 12.0. The van der Waals surface area contributed by atoms with Crippen molar-refractivity contribution in [1.29, 1.82) is 0 Å². The lowest BCUT2D eigenvalue weighted by Crippen LogP contribution is -2.13.